The van der Waals surface area contributed by atoms with Crippen molar-refractivity contribution in [1.82, 2.24) is 0 Å². The number of rotatable bonds is 7. The normalized spacial score (nSPS) is 18.1. The molecule has 0 spiro atoms. The molecule has 3 aromatic carbocycles. The summed E-state index contributed by atoms with van der Waals surface area (Å²) in [6, 6.07) is 7.00. The molecule has 1 atom stereocenters. The number of hydrogen-bond donors (Lipinski definition) is 1. The quantitative estimate of drug-likeness (QED) is 0.186. The number of carbonyl (C=O) groups excluding carboxylic acids is 1. The number of hydrogen-bond acceptors (Lipinski definition) is 4. The van der Waals surface area contributed by atoms with E-state index >= 15 is 4.39 Å². The van der Waals surface area contributed by atoms with Gasteiger partial charge in [-0.2, -0.15) is 8.78 Å². The van der Waals surface area contributed by atoms with Crippen LogP contribution in [0.3, 0.4) is 0 Å². The van der Waals surface area contributed by atoms with Gasteiger partial charge in [-0.3, -0.25) is 0 Å². The van der Waals surface area contributed by atoms with Gasteiger partial charge in [0.2, 0.25) is 11.6 Å². The second-order valence-corrected chi connectivity index (χ2v) is 9.44. The Kier molecular flexibility index (Phi) is 8.54. The first-order chi connectivity index (χ1) is 18.5. The van der Waals surface area contributed by atoms with Crippen LogP contribution in [-0.4, -0.2) is 17.7 Å². The summed E-state index contributed by atoms with van der Waals surface area (Å²) in [7, 11) is 0. The van der Waals surface area contributed by atoms with Gasteiger partial charge in [-0.25, -0.2) is 22.4 Å². The topological polar surface area (TPSA) is 55.8 Å². The van der Waals surface area contributed by atoms with Crippen LogP contribution in [0.4, 0.5) is 26.3 Å². The summed E-state index contributed by atoms with van der Waals surface area (Å²) < 4.78 is 96.9. The van der Waals surface area contributed by atoms with Gasteiger partial charge in [0, 0.05) is 5.56 Å². The molecule has 1 fully saturated rings. The number of halogens is 6. The maximum absolute atomic E-state index is 15.0. The van der Waals surface area contributed by atoms with Crippen molar-refractivity contribution >= 4 is 5.97 Å². The molecule has 1 N–H and O–H groups in total. The molecule has 1 aliphatic carbocycles. The molecule has 208 valence electrons. The lowest BCUT2D eigenvalue weighted by Crippen LogP contribution is -2.18. The second kappa shape index (κ2) is 11.7. The molecule has 0 saturated heterocycles. The zero-order valence-corrected chi connectivity index (χ0v) is 21.2. The average molecular weight is 553 g/mol. The number of esters is 1. The molecule has 1 aliphatic rings. The third-order valence-electron chi connectivity index (χ3n) is 7.05. The number of carbonyl (C=O) groups is 1. The fourth-order valence-electron chi connectivity index (χ4n) is 4.98. The number of benzene rings is 3. The van der Waals surface area contributed by atoms with Crippen LogP contribution in [0.25, 0.3) is 0 Å². The molecule has 0 aromatic heterocycles. The van der Waals surface area contributed by atoms with Crippen molar-refractivity contribution in [3.8, 4) is 11.5 Å². The predicted octanol–water partition coefficient (Wildman–Crippen LogP) is 7.63. The summed E-state index contributed by atoms with van der Waals surface area (Å²) >= 11 is 0. The first-order valence-electron chi connectivity index (χ1n) is 12.5. The van der Waals surface area contributed by atoms with Crippen LogP contribution >= 0.6 is 0 Å². The molecule has 0 amide bonds. The Morgan fingerprint density at radius 1 is 0.769 bits per heavy atom. The van der Waals surface area contributed by atoms with E-state index in [0.717, 1.165) is 18.2 Å². The van der Waals surface area contributed by atoms with Gasteiger partial charge in [-0.15, -0.1) is 0 Å². The molecule has 0 aliphatic heterocycles. The van der Waals surface area contributed by atoms with Crippen LogP contribution in [0.15, 0.2) is 36.4 Å². The smallest absolute Gasteiger partial charge is 0.346 e. The van der Waals surface area contributed by atoms with Gasteiger partial charge in [-0.1, -0.05) is 18.2 Å². The molecule has 3 aromatic rings. The summed E-state index contributed by atoms with van der Waals surface area (Å²) in [5, 5.41) is 9.58. The summed E-state index contributed by atoms with van der Waals surface area (Å²) in [5.74, 6) is -11.2. The molecular weight excluding hydrogens is 526 g/mol. The maximum Gasteiger partial charge on any atom is 0.346 e. The molecular formula is C29H26F6O4. The average Bonchev–Trinajstić information content (AvgIpc) is 2.91. The van der Waals surface area contributed by atoms with Gasteiger partial charge >= 0.3 is 5.97 Å². The van der Waals surface area contributed by atoms with Crippen molar-refractivity contribution in [1.29, 1.82) is 0 Å². The summed E-state index contributed by atoms with van der Waals surface area (Å²) in [6.07, 6.45) is 0.287. The fourth-order valence-corrected chi connectivity index (χ4v) is 4.98. The van der Waals surface area contributed by atoms with E-state index in [2.05, 4.69) is 0 Å². The van der Waals surface area contributed by atoms with E-state index in [4.69, 9.17) is 9.47 Å². The number of aliphatic hydroxyl groups is 1. The molecule has 4 nitrogen and oxygen atoms in total. The standard InChI is InChI=1S/C29H26F6O4/c1-3-38-21-12-13-22(28(35)27(21)34)39-29(37)20-11-10-19(25(32)26(20)33)16-6-4-15(5-7-16)18-9-8-17(14(2)36)23(30)24(18)31/h8-16,36H,3-7H2,1-2H3. The van der Waals surface area contributed by atoms with Gasteiger partial charge in [0.15, 0.2) is 34.8 Å². The van der Waals surface area contributed by atoms with Crippen molar-refractivity contribution in [2.45, 2.75) is 57.5 Å². The second-order valence-electron chi connectivity index (χ2n) is 9.44. The van der Waals surface area contributed by atoms with E-state index < -0.39 is 70.0 Å². The highest BCUT2D eigenvalue weighted by atomic mass is 19.2. The van der Waals surface area contributed by atoms with Gasteiger partial charge in [-0.05, 0) is 80.7 Å². The number of ether oxygens (including phenoxy) is 2. The monoisotopic (exact) mass is 552 g/mol. The largest absolute Gasteiger partial charge is 0.491 e. The van der Waals surface area contributed by atoms with E-state index in [1.807, 2.05) is 0 Å². The molecule has 39 heavy (non-hydrogen) atoms. The van der Waals surface area contributed by atoms with Gasteiger partial charge in [0.1, 0.15) is 0 Å². The van der Waals surface area contributed by atoms with Crippen LogP contribution in [0.5, 0.6) is 11.5 Å². The lowest BCUT2D eigenvalue weighted by molar-refractivity contribution is 0.0720. The van der Waals surface area contributed by atoms with Crippen molar-refractivity contribution < 1.29 is 45.7 Å². The fraction of sp³-hybridized carbons (Fsp3) is 0.345. The van der Waals surface area contributed by atoms with E-state index in [9.17, 15) is 31.9 Å². The zero-order chi connectivity index (χ0) is 28.4. The zero-order valence-electron chi connectivity index (χ0n) is 21.2. The third-order valence-corrected chi connectivity index (χ3v) is 7.05. The molecule has 0 bridgehead atoms. The SMILES string of the molecule is CCOc1ccc(OC(=O)c2ccc(C3CCC(c4ccc(C(C)O)c(F)c4F)CC3)c(F)c2F)c(F)c1F. The minimum atomic E-state index is -1.51. The Hall–Kier alpha value is -3.53. The summed E-state index contributed by atoms with van der Waals surface area (Å²) in [6.45, 7) is 2.97. The lowest BCUT2D eigenvalue weighted by atomic mass is 9.75. The molecule has 0 heterocycles. The van der Waals surface area contributed by atoms with E-state index in [1.54, 1.807) is 6.92 Å². The van der Waals surface area contributed by atoms with Gasteiger partial charge in [0.25, 0.3) is 0 Å². The maximum atomic E-state index is 15.0. The Labute approximate surface area is 221 Å². The summed E-state index contributed by atoms with van der Waals surface area (Å²) in [5.41, 5.74) is -0.763. The Morgan fingerprint density at radius 3 is 1.85 bits per heavy atom. The lowest BCUT2D eigenvalue weighted by Gasteiger charge is -2.30. The van der Waals surface area contributed by atoms with Gasteiger partial charge in [0.05, 0.1) is 18.3 Å². The van der Waals surface area contributed by atoms with Crippen molar-refractivity contribution in [2.75, 3.05) is 6.61 Å². The van der Waals surface area contributed by atoms with Crippen LogP contribution in [0.1, 0.15) is 84.5 Å². The highest BCUT2D eigenvalue weighted by molar-refractivity contribution is 5.91. The van der Waals surface area contributed by atoms with E-state index in [0.29, 0.717) is 25.7 Å². The van der Waals surface area contributed by atoms with Crippen LogP contribution in [0, 0.1) is 34.9 Å². The molecule has 1 saturated carbocycles. The predicted molar refractivity (Wildman–Crippen MR) is 130 cm³/mol. The minimum absolute atomic E-state index is 0.0110. The van der Waals surface area contributed by atoms with Crippen molar-refractivity contribution in [3.63, 3.8) is 0 Å². The first kappa shape index (κ1) is 28.5. The van der Waals surface area contributed by atoms with Crippen molar-refractivity contribution in [2.24, 2.45) is 0 Å². The molecule has 10 heteroatoms. The minimum Gasteiger partial charge on any atom is -0.491 e. The van der Waals surface area contributed by atoms with Crippen molar-refractivity contribution in [3.05, 3.63) is 93.6 Å². The van der Waals surface area contributed by atoms with E-state index in [-0.39, 0.29) is 29.2 Å². The van der Waals surface area contributed by atoms with Gasteiger partial charge < -0.3 is 14.6 Å². The molecule has 0 radical (unpaired) electrons. The summed E-state index contributed by atoms with van der Waals surface area (Å²) in [4.78, 5) is 12.4. The Bertz CT molecular complexity index is 1380. The van der Waals surface area contributed by atoms with E-state index in [1.165, 1.54) is 25.1 Å². The molecule has 4 rings (SSSR count). The molecule has 1 unspecified atom stereocenters. The highest BCUT2D eigenvalue weighted by Gasteiger charge is 2.31. The highest BCUT2D eigenvalue weighted by Crippen LogP contribution is 2.43. The van der Waals surface area contributed by atoms with Crippen LogP contribution < -0.4 is 9.47 Å². The van der Waals surface area contributed by atoms with Crippen LogP contribution in [-0.2, 0) is 0 Å². The third kappa shape index (κ3) is 5.61. The van der Waals surface area contributed by atoms with Crippen LogP contribution in [0.2, 0.25) is 0 Å². The first-order valence-corrected chi connectivity index (χ1v) is 12.5. The number of aliphatic hydroxyl groups excluding tert-OH is 1. The Balaban J connectivity index is 1.47. The Morgan fingerprint density at radius 2 is 1.28 bits per heavy atom.